The molecule has 3 rings (SSSR count). The lowest BCUT2D eigenvalue weighted by atomic mass is 10.1. The van der Waals surface area contributed by atoms with Gasteiger partial charge in [-0.05, 0) is 29.8 Å². The first-order chi connectivity index (χ1) is 9.16. The van der Waals surface area contributed by atoms with Crippen LogP contribution in [0.5, 0.6) is 0 Å². The minimum atomic E-state index is -0.238. The topological polar surface area (TPSA) is 63.4 Å². The molecule has 2 N–H and O–H groups in total. The third-order valence-electron chi connectivity index (χ3n) is 3.20. The summed E-state index contributed by atoms with van der Waals surface area (Å²) >= 11 is 0. The molecule has 0 saturated heterocycles. The van der Waals surface area contributed by atoms with E-state index < -0.39 is 0 Å². The molecule has 4 nitrogen and oxygen atoms in total. The van der Waals surface area contributed by atoms with Gasteiger partial charge in [-0.15, -0.1) is 0 Å². The van der Waals surface area contributed by atoms with Crippen molar-refractivity contribution in [1.82, 2.24) is 4.90 Å². The van der Waals surface area contributed by atoms with Crippen molar-refractivity contribution in [1.29, 1.82) is 0 Å². The second-order valence-corrected chi connectivity index (χ2v) is 4.48. The molecule has 0 unspecified atom stereocenters. The van der Waals surface area contributed by atoms with Crippen molar-refractivity contribution in [3.63, 3.8) is 0 Å². The molecule has 2 aromatic carbocycles. The van der Waals surface area contributed by atoms with Crippen molar-refractivity contribution in [3.8, 4) is 0 Å². The average molecular weight is 252 g/mol. The van der Waals surface area contributed by atoms with Gasteiger partial charge in [-0.25, -0.2) is 0 Å². The molecule has 0 bridgehead atoms. The number of benzene rings is 2. The maximum absolute atomic E-state index is 12.2. The van der Waals surface area contributed by atoms with Gasteiger partial charge in [-0.1, -0.05) is 24.3 Å². The highest BCUT2D eigenvalue weighted by Gasteiger charge is 2.34. The van der Waals surface area contributed by atoms with Crippen LogP contribution in [0.2, 0.25) is 0 Å². The van der Waals surface area contributed by atoms with E-state index in [1.54, 1.807) is 36.4 Å². The number of nitrogens with two attached hydrogens (primary N) is 1. The van der Waals surface area contributed by atoms with Crippen LogP contribution in [0.4, 0.5) is 5.69 Å². The number of hydrogen-bond donors (Lipinski definition) is 1. The molecule has 0 atom stereocenters. The molecule has 94 valence electrons. The van der Waals surface area contributed by atoms with Gasteiger partial charge in [0.05, 0.1) is 17.7 Å². The quantitative estimate of drug-likeness (QED) is 0.657. The summed E-state index contributed by atoms with van der Waals surface area (Å²) in [6, 6.07) is 14.0. The normalized spacial score (nSPS) is 13.8. The summed E-state index contributed by atoms with van der Waals surface area (Å²) in [6.45, 7) is 0.270. The maximum atomic E-state index is 12.2. The Morgan fingerprint density at radius 3 is 1.89 bits per heavy atom. The molecule has 1 aliphatic heterocycles. The number of anilines is 1. The Balaban J connectivity index is 1.90. The lowest BCUT2D eigenvalue weighted by Gasteiger charge is -2.13. The van der Waals surface area contributed by atoms with E-state index in [9.17, 15) is 9.59 Å². The first kappa shape index (κ1) is 11.5. The van der Waals surface area contributed by atoms with Crippen LogP contribution in [-0.2, 0) is 6.54 Å². The van der Waals surface area contributed by atoms with E-state index in [4.69, 9.17) is 5.73 Å². The lowest BCUT2D eigenvalue weighted by Crippen LogP contribution is -2.29. The van der Waals surface area contributed by atoms with Gasteiger partial charge in [0.25, 0.3) is 11.8 Å². The largest absolute Gasteiger partial charge is 0.399 e. The lowest BCUT2D eigenvalue weighted by molar-refractivity contribution is 0.0642. The fourth-order valence-electron chi connectivity index (χ4n) is 2.19. The van der Waals surface area contributed by atoms with Crippen LogP contribution in [0.15, 0.2) is 48.5 Å². The third kappa shape index (κ3) is 1.87. The number of amides is 2. The van der Waals surface area contributed by atoms with E-state index in [1.165, 1.54) is 4.90 Å². The predicted octanol–water partition coefficient (Wildman–Crippen LogP) is 2.07. The van der Waals surface area contributed by atoms with Gasteiger partial charge in [0.15, 0.2) is 0 Å². The monoisotopic (exact) mass is 252 g/mol. The maximum Gasteiger partial charge on any atom is 0.261 e. The second kappa shape index (κ2) is 4.24. The number of rotatable bonds is 2. The van der Waals surface area contributed by atoms with Gasteiger partial charge in [0.1, 0.15) is 0 Å². The first-order valence-electron chi connectivity index (χ1n) is 5.96. The van der Waals surface area contributed by atoms with Crippen molar-refractivity contribution >= 4 is 17.5 Å². The molecule has 0 fully saturated rings. The Kier molecular flexibility index (Phi) is 2.56. The summed E-state index contributed by atoms with van der Waals surface area (Å²) in [5, 5.41) is 0. The van der Waals surface area contributed by atoms with Crippen LogP contribution in [0, 0.1) is 0 Å². The van der Waals surface area contributed by atoms with Crippen LogP contribution in [0.25, 0.3) is 0 Å². The van der Waals surface area contributed by atoms with Crippen LogP contribution < -0.4 is 5.73 Å². The Morgan fingerprint density at radius 1 is 0.842 bits per heavy atom. The highest BCUT2D eigenvalue weighted by Crippen LogP contribution is 2.24. The number of carbonyl (C=O) groups excluding carboxylic acids is 2. The Hall–Kier alpha value is -2.62. The SMILES string of the molecule is Nc1ccc(CN2C(=O)c3ccccc3C2=O)cc1. The molecule has 0 aromatic heterocycles. The van der Waals surface area contributed by atoms with Gasteiger partial charge in [0.2, 0.25) is 0 Å². The zero-order valence-corrected chi connectivity index (χ0v) is 10.2. The molecule has 1 aliphatic rings. The highest BCUT2D eigenvalue weighted by molar-refractivity contribution is 6.21. The van der Waals surface area contributed by atoms with Crippen molar-refractivity contribution in [2.45, 2.75) is 6.54 Å². The van der Waals surface area contributed by atoms with E-state index in [0.717, 1.165) is 5.56 Å². The number of nitrogen functional groups attached to an aromatic ring is 1. The Labute approximate surface area is 110 Å². The minimum absolute atomic E-state index is 0.238. The average Bonchev–Trinajstić information content (AvgIpc) is 2.67. The number of fused-ring (bicyclic) bond motifs is 1. The molecular formula is C15H12N2O2. The summed E-state index contributed by atoms with van der Waals surface area (Å²) in [7, 11) is 0. The van der Waals surface area contributed by atoms with Gasteiger partial charge in [-0.2, -0.15) is 0 Å². The molecule has 0 spiro atoms. The smallest absolute Gasteiger partial charge is 0.261 e. The Bertz CT molecular complexity index is 627. The molecule has 2 amide bonds. The summed E-state index contributed by atoms with van der Waals surface area (Å²) in [5.41, 5.74) is 8.10. The number of nitrogens with zero attached hydrogens (tertiary/aromatic N) is 1. The molecule has 0 radical (unpaired) electrons. The molecule has 4 heteroatoms. The van der Waals surface area contributed by atoms with Gasteiger partial charge in [0, 0.05) is 5.69 Å². The molecule has 1 heterocycles. The van der Waals surface area contributed by atoms with Crippen LogP contribution >= 0.6 is 0 Å². The minimum Gasteiger partial charge on any atom is -0.399 e. The van der Waals surface area contributed by atoms with E-state index in [0.29, 0.717) is 16.8 Å². The van der Waals surface area contributed by atoms with E-state index in [1.807, 2.05) is 12.1 Å². The van der Waals surface area contributed by atoms with Crippen molar-refractivity contribution < 1.29 is 9.59 Å². The molecular weight excluding hydrogens is 240 g/mol. The van der Waals surface area contributed by atoms with Crippen molar-refractivity contribution in [2.24, 2.45) is 0 Å². The molecule has 2 aromatic rings. The summed E-state index contributed by atoms with van der Waals surface area (Å²) in [6.07, 6.45) is 0. The van der Waals surface area contributed by atoms with Crippen molar-refractivity contribution in [3.05, 3.63) is 65.2 Å². The number of imide groups is 1. The third-order valence-corrected chi connectivity index (χ3v) is 3.20. The summed E-state index contributed by atoms with van der Waals surface area (Å²) < 4.78 is 0. The van der Waals surface area contributed by atoms with E-state index in [2.05, 4.69) is 0 Å². The predicted molar refractivity (Wildman–Crippen MR) is 71.5 cm³/mol. The van der Waals surface area contributed by atoms with E-state index in [-0.39, 0.29) is 18.4 Å². The summed E-state index contributed by atoms with van der Waals surface area (Å²) in [4.78, 5) is 25.6. The highest BCUT2D eigenvalue weighted by atomic mass is 16.2. The second-order valence-electron chi connectivity index (χ2n) is 4.48. The van der Waals surface area contributed by atoms with Gasteiger partial charge < -0.3 is 5.73 Å². The van der Waals surface area contributed by atoms with Crippen LogP contribution in [0.3, 0.4) is 0 Å². The number of carbonyl (C=O) groups is 2. The zero-order chi connectivity index (χ0) is 13.4. The first-order valence-corrected chi connectivity index (χ1v) is 5.96. The summed E-state index contributed by atoms with van der Waals surface area (Å²) in [5.74, 6) is -0.477. The standard InChI is InChI=1S/C15H12N2O2/c16-11-7-5-10(6-8-11)9-17-14(18)12-3-1-2-4-13(12)15(17)19/h1-8H,9,16H2. The molecule has 0 saturated carbocycles. The fraction of sp³-hybridized carbons (Fsp3) is 0.0667. The zero-order valence-electron chi connectivity index (χ0n) is 10.2. The van der Waals surface area contributed by atoms with Crippen LogP contribution in [-0.4, -0.2) is 16.7 Å². The number of hydrogen-bond acceptors (Lipinski definition) is 3. The van der Waals surface area contributed by atoms with E-state index >= 15 is 0 Å². The molecule has 0 aliphatic carbocycles. The van der Waals surface area contributed by atoms with Gasteiger partial charge in [-0.3, -0.25) is 14.5 Å². The van der Waals surface area contributed by atoms with Crippen molar-refractivity contribution in [2.75, 3.05) is 5.73 Å². The van der Waals surface area contributed by atoms with Crippen LogP contribution in [0.1, 0.15) is 26.3 Å². The molecule has 19 heavy (non-hydrogen) atoms. The fourth-order valence-corrected chi connectivity index (χ4v) is 2.19. The van der Waals surface area contributed by atoms with Gasteiger partial charge >= 0.3 is 0 Å². The Morgan fingerprint density at radius 2 is 1.37 bits per heavy atom.